The van der Waals surface area contributed by atoms with E-state index >= 15 is 0 Å². The van der Waals surface area contributed by atoms with Gasteiger partial charge >= 0.3 is 11.9 Å². The smallest absolute Gasteiger partial charge is 0.331 e. The SMILES string of the molecule is C=C.CC1COC(=O)C=CC(=O)O1. The molecule has 0 spiro atoms. The fourth-order valence-electron chi connectivity index (χ4n) is 0.655. The number of ether oxygens (including phenoxy) is 2. The molecule has 0 aromatic carbocycles. The molecule has 1 heterocycles. The highest BCUT2D eigenvalue weighted by Crippen LogP contribution is 1.98. The number of hydrogen-bond donors (Lipinski definition) is 0. The van der Waals surface area contributed by atoms with E-state index in [1.165, 1.54) is 0 Å². The molecule has 72 valence electrons. The maximum atomic E-state index is 10.7. The lowest BCUT2D eigenvalue weighted by Gasteiger charge is -2.13. The minimum atomic E-state index is -0.506. The van der Waals surface area contributed by atoms with Crippen molar-refractivity contribution in [3.05, 3.63) is 25.3 Å². The molecule has 0 saturated heterocycles. The van der Waals surface area contributed by atoms with Crippen molar-refractivity contribution in [3.8, 4) is 0 Å². The van der Waals surface area contributed by atoms with Crippen LogP contribution in [0.25, 0.3) is 0 Å². The second-order valence-corrected chi connectivity index (χ2v) is 2.21. The van der Waals surface area contributed by atoms with Gasteiger partial charge < -0.3 is 9.47 Å². The molecule has 13 heavy (non-hydrogen) atoms. The van der Waals surface area contributed by atoms with Crippen molar-refractivity contribution < 1.29 is 19.1 Å². The van der Waals surface area contributed by atoms with Crippen LogP contribution in [0, 0.1) is 0 Å². The lowest BCUT2D eigenvalue weighted by molar-refractivity contribution is -0.153. The molecule has 0 N–H and O–H groups in total. The van der Waals surface area contributed by atoms with Crippen molar-refractivity contribution in [2.75, 3.05) is 6.61 Å². The summed E-state index contributed by atoms with van der Waals surface area (Å²) in [4.78, 5) is 21.3. The van der Waals surface area contributed by atoms with Gasteiger partial charge in [-0.15, -0.1) is 13.2 Å². The highest BCUT2D eigenvalue weighted by atomic mass is 16.6. The molecule has 1 rings (SSSR count). The van der Waals surface area contributed by atoms with E-state index in [1.54, 1.807) is 6.92 Å². The lowest BCUT2D eigenvalue weighted by atomic mass is 10.4. The van der Waals surface area contributed by atoms with E-state index in [9.17, 15) is 9.59 Å². The Morgan fingerprint density at radius 2 is 1.85 bits per heavy atom. The van der Waals surface area contributed by atoms with Crippen LogP contribution in [0.15, 0.2) is 25.3 Å². The van der Waals surface area contributed by atoms with E-state index in [-0.39, 0.29) is 12.7 Å². The largest absolute Gasteiger partial charge is 0.459 e. The van der Waals surface area contributed by atoms with E-state index in [1.807, 2.05) is 0 Å². The molecule has 4 nitrogen and oxygen atoms in total. The number of cyclic esters (lactones) is 2. The van der Waals surface area contributed by atoms with Crippen LogP contribution in [0.2, 0.25) is 0 Å². The van der Waals surface area contributed by atoms with Gasteiger partial charge in [0.2, 0.25) is 0 Å². The second-order valence-electron chi connectivity index (χ2n) is 2.21. The molecule has 0 fully saturated rings. The number of esters is 2. The number of rotatable bonds is 0. The van der Waals surface area contributed by atoms with E-state index in [2.05, 4.69) is 17.9 Å². The summed E-state index contributed by atoms with van der Waals surface area (Å²) >= 11 is 0. The average molecular weight is 184 g/mol. The summed E-state index contributed by atoms with van der Waals surface area (Å²) in [5, 5.41) is 0. The first-order chi connectivity index (χ1) is 6.18. The molecule has 0 aromatic rings. The summed E-state index contributed by atoms with van der Waals surface area (Å²) in [5.74, 6) is -1.01. The zero-order valence-corrected chi connectivity index (χ0v) is 7.49. The molecular weight excluding hydrogens is 172 g/mol. The maximum Gasteiger partial charge on any atom is 0.331 e. The summed E-state index contributed by atoms with van der Waals surface area (Å²) < 4.78 is 9.38. The van der Waals surface area contributed by atoms with Crippen LogP contribution in [-0.4, -0.2) is 24.6 Å². The topological polar surface area (TPSA) is 52.6 Å². The van der Waals surface area contributed by atoms with E-state index in [0.717, 1.165) is 12.2 Å². The van der Waals surface area contributed by atoms with Crippen LogP contribution in [-0.2, 0) is 19.1 Å². The molecule has 0 aromatic heterocycles. The molecule has 0 aliphatic carbocycles. The van der Waals surface area contributed by atoms with Gasteiger partial charge in [0.05, 0.1) is 0 Å². The van der Waals surface area contributed by atoms with Gasteiger partial charge in [-0.2, -0.15) is 0 Å². The quantitative estimate of drug-likeness (QED) is 0.413. The maximum absolute atomic E-state index is 10.7. The Balaban J connectivity index is 0.000000671. The fourth-order valence-corrected chi connectivity index (χ4v) is 0.655. The first kappa shape index (κ1) is 11.4. The van der Waals surface area contributed by atoms with Gasteiger partial charge in [0.25, 0.3) is 0 Å². The van der Waals surface area contributed by atoms with Crippen LogP contribution in [0.5, 0.6) is 0 Å². The van der Waals surface area contributed by atoms with Crippen LogP contribution in [0.4, 0.5) is 0 Å². The monoisotopic (exact) mass is 184 g/mol. The first-order valence-corrected chi connectivity index (χ1v) is 3.74. The Bertz CT molecular complexity index is 220. The first-order valence-electron chi connectivity index (χ1n) is 3.74. The Labute approximate surface area is 76.8 Å². The van der Waals surface area contributed by atoms with Gasteiger partial charge in [0, 0.05) is 12.2 Å². The highest BCUT2D eigenvalue weighted by molar-refractivity contribution is 5.92. The third-order valence-electron chi connectivity index (χ3n) is 1.13. The zero-order valence-electron chi connectivity index (χ0n) is 7.49. The normalized spacial score (nSPS) is 21.5. The number of carbonyl (C=O) groups excluding carboxylic acids is 2. The lowest BCUT2D eigenvalue weighted by Crippen LogP contribution is -2.23. The highest BCUT2D eigenvalue weighted by Gasteiger charge is 2.12. The van der Waals surface area contributed by atoms with Crippen LogP contribution >= 0.6 is 0 Å². The molecule has 1 atom stereocenters. The van der Waals surface area contributed by atoms with Crippen molar-refractivity contribution >= 4 is 11.9 Å². The fraction of sp³-hybridized carbons (Fsp3) is 0.333. The van der Waals surface area contributed by atoms with Gasteiger partial charge in [-0.3, -0.25) is 0 Å². The predicted octanol–water partition coefficient (Wildman–Crippen LogP) is 0.833. The van der Waals surface area contributed by atoms with E-state index in [4.69, 9.17) is 4.74 Å². The van der Waals surface area contributed by atoms with E-state index in [0.29, 0.717) is 0 Å². The van der Waals surface area contributed by atoms with Crippen molar-refractivity contribution in [1.29, 1.82) is 0 Å². The third kappa shape index (κ3) is 4.79. The second kappa shape index (κ2) is 5.99. The van der Waals surface area contributed by atoms with Gasteiger partial charge in [0.1, 0.15) is 12.7 Å². The van der Waals surface area contributed by atoms with Gasteiger partial charge in [-0.1, -0.05) is 0 Å². The summed E-state index contributed by atoms with van der Waals surface area (Å²) in [6.45, 7) is 7.78. The summed E-state index contributed by atoms with van der Waals surface area (Å²) in [6.07, 6.45) is 1.74. The minimum Gasteiger partial charge on any atom is -0.459 e. The molecule has 1 aliphatic heterocycles. The van der Waals surface area contributed by atoms with Crippen LogP contribution < -0.4 is 0 Å². The Morgan fingerprint density at radius 3 is 2.46 bits per heavy atom. The zero-order chi connectivity index (χ0) is 10.3. The molecule has 1 aliphatic rings. The van der Waals surface area contributed by atoms with Crippen LogP contribution in [0.1, 0.15) is 6.92 Å². The minimum absolute atomic E-state index is 0.120. The Hall–Kier alpha value is -1.58. The average Bonchev–Trinajstić information content (AvgIpc) is 2.13. The van der Waals surface area contributed by atoms with Crippen molar-refractivity contribution in [1.82, 2.24) is 0 Å². The van der Waals surface area contributed by atoms with Gasteiger partial charge in [0.15, 0.2) is 0 Å². The van der Waals surface area contributed by atoms with E-state index < -0.39 is 11.9 Å². The predicted molar refractivity (Wildman–Crippen MR) is 46.9 cm³/mol. The van der Waals surface area contributed by atoms with Gasteiger partial charge in [-0.05, 0) is 6.92 Å². The molecule has 0 radical (unpaired) electrons. The Morgan fingerprint density at radius 1 is 1.31 bits per heavy atom. The van der Waals surface area contributed by atoms with Gasteiger partial charge in [-0.25, -0.2) is 9.59 Å². The summed E-state index contributed by atoms with van der Waals surface area (Å²) in [6, 6.07) is 0. The molecule has 4 heteroatoms. The van der Waals surface area contributed by atoms with Crippen molar-refractivity contribution in [2.45, 2.75) is 13.0 Å². The molecule has 0 bridgehead atoms. The molecule has 1 unspecified atom stereocenters. The standard InChI is InChI=1S/C7H8O4.C2H4/c1-5-4-10-6(8)2-3-7(9)11-5;1-2/h2-3,5H,4H2,1H3;1-2H2. The molecule has 0 saturated carbocycles. The molecular formula is C9H12O4. The van der Waals surface area contributed by atoms with Crippen LogP contribution in [0.3, 0.4) is 0 Å². The van der Waals surface area contributed by atoms with Crippen molar-refractivity contribution in [2.24, 2.45) is 0 Å². The Kier molecular flexibility index (Phi) is 5.27. The number of carbonyl (C=O) groups is 2. The summed E-state index contributed by atoms with van der Waals surface area (Å²) in [7, 11) is 0. The van der Waals surface area contributed by atoms with Crippen molar-refractivity contribution in [3.63, 3.8) is 0 Å². The summed E-state index contributed by atoms with van der Waals surface area (Å²) in [5.41, 5.74) is 0. The molecule has 0 amide bonds. The third-order valence-corrected chi connectivity index (χ3v) is 1.13. The number of hydrogen-bond acceptors (Lipinski definition) is 4.